The normalized spacial score (nSPS) is 11.9. The molecule has 0 aromatic heterocycles. The molecule has 8 heteroatoms. The zero-order valence-corrected chi connectivity index (χ0v) is 12.5. The van der Waals surface area contributed by atoms with Crippen LogP contribution in [0.2, 0.25) is 5.02 Å². The van der Waals surface area contributed by atoms with E-state index in [1.54, 1.807) is 12.1 Å². The second kappa shape index (κ2) is 6.64. The lowest BCUT2D eigenvalue weighted by Gasteiger charge is -2.11. The molecule has 0 bridgehead atoms. The first-order valence-electron chi connectivity index (χ1n) is 6.54. The fraction of sp³-hybridized carbons (Fsp3) is 0.133. The van der Waals surface area contributed by atoms with Crippen molar-refractivity contribution < 1.29 is 19.9 Å². The molecule has 4 N–H and O–H groups in total. The summed E-state index contributed by atoms with van der Waals surface area (Å²) in [4.78, 5) is 21.4. The van der Waals surface area contributed by atoms with E-state index < -0.39 is 16.9 Å². The molecular formula is C15H13ClN2O5. The quantitative estimate of drug-likeness (QED) is 0.569. The second-order valence-electron chi connectivity index (χ2n) is 4.93. The third kappa shape index (κ3) is 3.77. The molecule has 0 saturated heterocycles. The molecule has 0 fully saturated rings. The summed E-state index contributed by atoms with van der Waals surface area (Å²) < 4.78 is 0. The van der Waals surface area contributed by atoms with Crippen LogP contribution in [-0.4, -0.2) is 27.1 Å². The molecular weight excluding hydrogens is 324 g/mol. The number of benzene rings is 2. The Labute approximate surface area is 136 Å². The molecule has 0 aliphatic carbocycles. The Kier molecular flexibility index (Phi) is 4.83. The van der Waals surface area contributed by atoms with Gasteiger partial charge in [0, 0.05) is 11.6 Å². The zero-order chi connectivity index (χ0) is 17.1. The minimum Gasteiger partial charge on any atom is -0.508 e. The Morgan fingerprint density at radius 1 is 1.35 bits per heavy atom. The number of aromatic hydroxyl groups is 1. The van der Waals surface area contributed by atoms with Crippen molar-refractivity contribution in [2.24, 2.45) is 5.73 Å². The largest absolute Gasteiger partial charge is 0.508 e. The number of halogens is 1. The van der Waals surface area contributed by atoms with Crippen molar-refractivity contribution in [2.75, 3.05) is 0 Å². The van der Waals surface area contributed by atoms with Crippen LogP contribution in [-0.2, 0) is 11.2 Å². The lowest BCUT2D eigenvalue weighted by atomic mass is 9.98. The van der Waals surface area contributed by atoms with Gasteiger partial charge in [0.05, 0.1) is 4.92 Å². The van der Waals surface area contributed by atoms with E-state index in [0.717, 1.165) is 0 Å². The van der Waals surface area contributed by atoms with Crippen LogP contribution in [0.5, 0.6) is 5.75 Å². The molecule has 1 atom stereocenters. The maximum absolute atomic E-state index is 11.2. The summed E-state index contributed by atoms with van der Waals surface area (Å²) in [6, 6.07) is 7.62. The van der Waals surface area contributed by atoms with E-state index in [2.05, 4.69) is 0 Å². The number of nitrogens with two attached hydrogens (primary N) is 1. The van der Waals surface area contributed by atoms with Crippen LogP contribution < -0.4 is 5.73 Å². The van der Waals surface area contributed by atoms with Crippen molar-refractivity contribution in [3.63, 3.8) is 0 Å². The summed E-state index contributed by atoms with van der Waals surface area (Å²) in [5, 5.41) is 29.5. The van der Waals surface area contributed by atoms with Crippen molar-refractivity contribution in [2.45, 2.75) is 12.5 Å². The maximum Gasteiger partial charge on any atom is 0.320 e. The summed E-state index contributed by atoms with van der Waals surface area (Å²) in [7, 11) is 0. The van der Waals surface area contributed by atoms with Crippen LogP contribution >= 0.6 is 11.6 Å². The standard InChI is InChI=1S/C15H13ClN2O5/c16-14-11(9-2-1-3-10(19)7-9)4-8(5-12(17)15(20)21)6-13(14)18(22)23/h1-4,6-7,12,19H,5,17H2,(H,20,21). The minimum absolute atomic E-state index is 0.0196. The van der Waals surface area contributed by atoms with Crippen LogP contribution in [0.15, 0.2) is 36.4 Å². The van der Waals surface area contributed by atoms with Crippen molar-refractivity contribution in [1.29, 1.82) is 0 Å². The third-order valence-electron chi connectivity index (χ3n) is 3.24. The highest BCUT2D eigenvalue weighted by molar-refractivity contribution is 6.35. The van der Waals surface area contributed by atoms with Gasteiger partial charge in [0.2, 0.25) is 0 Å². The Balaban J connectivity index is 2.58. The van der Waals surface area contributed by atoms with Gasteiger partial charge >= 0.3 is 5.97 Å². The van der Waals surface area contributed by atoms with Crippen molar-refractivity contribution in [3.05, 3.63) is 57.1 Å². The van der Waals surface area contributed by atoms with Crippen LogP contribution in [0.1, 0.15) is 5.56 Å². The minimum atomic E-state index is -1.21. The van der Waals surface area contributed by atoms with Gasteiger partial charge in [-0.3, -0.25) is 14.9 Å². The van der Waals surface area contributed by atoms with E-state index >= 15 is 0 Å². The van der Waals surface area contributed by atoms with Gasteiger partial charge < -0.3 is 15.9 Å². The Morgan fingerprint density at radius 2 is 2.04 bits per heavy atom. The number of carboxylic acids is 1. The highest BCUT2D eigenvalue weighted by atomic mass is 35.5. The SMILES string of the molecule is NC(Cc1cc(-c2cccc(O)c2)c(Cl)c([N+](=O)[O-])c1)C(=O)O. The lowest BCUT2D eigenvalue weighted by molar-refractivity contribution is -0.384. The number of aliphatic carboxylic acids is 1. The molecule has 0 spiro atoms. The molecule has 0 heterocycles. The molecule has 0 saturated carbocycles. The molecule has 0 aliphatic rings. The molecule has 7 nitrogen and oxygen atoms in total. The lowest BCUT2D eigenvalue weighted by Crippen LogP contribution is -2.32. The van der Waals surface area contributed by atoms with Gasteiger partial charge in [-0.1, -0.05) is 23.7 Å². The number of phenols is 1. The number of hydrogen-bond donors (Lipinski definition) is 3. The van der Waals surface area contributed by atoms with Gasteiger partial charge in [-0.25, -0.2) is 0 Å². The first-order chi connectivity index (χ1) is 10.8. The van der Waals surface area contributed by atoms with E-state index in [9.17, 15) is 20.0 Å². The van der Waals surface area contributed by atoms with Gasteiger partial charge in [0.1, 0.15) is 16.8 Å². The average Bonchev–Trinajstić information content (AvgIpc) is 2.48. The first-order valence-corrected chi connectivity index (χ1v) is 6.92. The number of carboxylic acid groups (broad SMARTS) is 1. The van der Waals surface area contributed by atoms with Crippen LogP contribution in [0.3, 0.4) is 0 Å². The molecule has 2 aromatic rings. The summed E-state index contributed by atoms with van der Waals surface area (Å²) in [5.74, 6) is -1.23. The molecule has 0 aliphatic heterocycles. The van der Waals surface area contributed by atoms with Crippen LogP contribution in [0, 0.1) is 10.1 Å². The van der Waals surface area contributed by atoms with E-state index in [1.807, 2.05) is 0 Å². The Hall–Kier alpha value is -2.64. The number of nitro benzene ring substituents is 1. The van der Waals surface area contributed by atoms with Crippen molar-refractivity contribution >= 4 is 23.3 Å². The fourth-order valence-electron chi connectivity index (χ4n) is 2.14. The molecule has 1 unspecified atom stereocenters. The molecule has 2 aromatic carbocycles. The van der Waals surface area contributed by atoms with Gasteiger partial charge in [-0.15, -0.1) is 0 Å². The number of rotatable bonds is 5. The van der Waals surface area contributed by atoms with E-state index in [4.69, 9.17) is 22.4 Å². The van der Waals surface area contributed by atoms with Gasteiger partial charge in [-0.05, 0) is 35.7 Å². The topological polar surface area (TPSA) is 127 Å². The van der Waals surface area contributed by atoms with Crippen LogP contribution in [0.25, 0.3) is 11.1 Å². The predicted octanol–water partition coefficient (Wildman–Crippen LogP) is 2.58. The number of nitro groups is 1. The molecule has 23 heavy (non-hydrogen) atoms. The predicted molar refractivity (Wildman–Crippen MR) is 84.5 cm³/mol. The van der Waals surface area contributed by atoms with E-state index in [1.165, 1.54) is 24.3 Å². The summed E-state index contributed by atoms with van der Waals surface area (Å²) >= 11 is 6.09. The van der Waals surface area contributed by atoms with Gasteiger partial charge in [0.25, 0.3) is 5.69 Å². The molecule has 0 amide bonds. The summed E-state index contributed by atoms with van der Waals surface area (Å²) in [5.41, 5.74) is 6.31. The van der Waals surface area contributed by atoms with Gasteiger partial charge in [-0.2, -0.15) is 0 Å². The fourth-order valence-corrected chi connectivity index (χ4v) is 2.43. The Morgan fingerprint density at radius 3 is 2.61 bits per heavy atom. The van der Waals surface area contributed by atoms with Gasteiger partial charge in [0.15, 0.2) is 0 Å². The molecule has 2 rings (SSSR count). The number of hydrogen-bond acceptors (Lipinski definition) is 5. The molecule has 120 valence electrons. The highest BCUT2D eigenvalue weighted by Gasteiger charge is 2.21. The number of nitrogens with zero attached hydrogens (tertiary/aromatic N) is 1. The second-order valence-corrected chi connectivity index (χ2v) is 5.31. The third-order valence-corrected chi connectivity index (χ3v) is 3.64. The highest BCUT2D eigenvalue weighted by Crippen LogP contribution is 2.37. The monoisotopic (exact) mass is 336 g/mol. The molecule has 0 radical (unpaired) electrons. The first kappa shape index (κ1) is 16.7. The number of phenolic OH excluding ortho intramolecular Hbond substituents is 1. The maximum atomic E-state index is 11.2. The summed E-state index contributed by atoms with van der Waals surface area (Å²) in [6.07, 6.45) is -0.0842. The van der Waals surface area contributed by atoms with Crippen molar-refractivity contribution in [3.8, 4) is 16.9 Å². The average molecular weight is 337 g/mol. The summed E-state index contributed by atoms with van der Waals surface area (Å²) in [6.45, 7) is 0. The van der Waals surface area contributed by atoms with Crippen molar-refractivity contribution in [1.82, 2.24) is 0 Å². The number of carbonyl (C=O) groups is 1. The van der Waals surface area contributed by atoms with Crippen LogP contribution in [0.4, 0.5) is 5.69 Å². The van der Waals surface area contributed by atoms with E-state index in [0.29, 0.717) is 16.7 Å². The van der Waals surface area contributed by atoms with E-state index in [-0.39, 0.29) is 22.9 Å². The Bertz CT molecular complexity index is 778. The smallest absolute Gasteiger partial charge is 0.320 e. The zero-order valence-electron chi connectivity index (χ0n) is 11.8.